The van der Waals surface area contributed by atoms with Crippen molar-refractivity contribution in [3.8, 4) is 5.69 Å². The first-order valence-electron chi connectivity index (χ1n) is 14.7. The summed E-state index contributed by atoms with van der Waals surface area (Å²) in [7, 11) is 0. The van der Waals surface area contributed by atoms with Crippen LogP contribution in [0.5, 0.6) is 0 Å². The molecular weight excluding hydrogens is 571 g/mol. The van der Waals surface area contributed by atoms with Crippen LogP contribution in [0.25, 0.3) is 5.69 Å². The van der Waals surface area contributed by atoms with E-state index in [-0.39, 0.29) is 43.6 Å². The minimum absolute atomic E-state index is 0.0729. The third kappa shape index (κ3) is 6.70. The van der Waals surface area contributed by atoms with Crippen LogP contribution >= 0.6 is 11.6 Å². The number of carbonyl (C=O) groups excluding carboxylic acids is 2. The molecule has 1 aromatic heterocycles. The Morgan fingerprint density at radius 2 is 1.79 bits per heavy atom. The average Bonchev–Trinajstić information content (AvgIpc) is 3.57. The van der Waals surface area contributed by atoms with Gasteiger partial charge in [-0.25, -0.2) is 13.9 Å². The molecule has 2 aliphatic rings. The number of nitrogens with zero attached hydrogens (tertiary/aromatic N) is 6. The van der Waals surface area contributed by atoms with Gasteiger partial charge in [-0.05, 0) is 65.3 Å². The van der Waals surface area contributed by atoms with E-state index in [9.17, 15) is 9.59 Å². The second-order valence-corrected chi connectivity index (χ2v) is 13.3. The molecule has 0 aliphatic carbocycles. The van der Waals surface area contributed by atoms with Crippen LogP contribution < -0.4 is 0 Å². The molecule has 3 atom stereocenters. The van der Waals surface area contributed by atoms with Crippen molar-refractivity contribution < 1.29 is 18.7 Å². The number of hydrogen-bond donors (Lipinski definition) is 0. The molecule has 1 unspecified atom stereocenters. The quantitative estimate of drug-likeness (QED) is 0.365. The first kappa shape index (κ1) is 30.9. The lowest BCUT2D eigenvalue weighted by atomic mass is 9.95. The van der Waals surface area contributed by atoms with E-state index in [1.807, 2.05) is 46.0 Å². The second kappa shape index (κ2) is 11.9. The van der Waals surface area contributed by atoms with Gasteiger partial charge in [-0.3, -0.25) is 9.69 Å². The first-order valence-corrected chi connectivity index (χ1v) is 15.1. The predicted molar refractivity (Wildman–Crippen MR) is 163 cm³/mol. The van der Waals surface area contributed by atoms with Crippen LogP contribution in [-0.2, 0) is 17.0 Å². The monoisotopic (exact) mass is 610 g/mol. The van der Waals surface area contributed by atoms with Crippen LogP contribution in [0, 0.1) is 6.92 Å². The molecule has 2 fully saturated rings. The summed E-state index contributed by atoms with van der Waals surface area (Å²) in [5.74, 6) is -0.265. The number of hydrogen-bond acceptors (Lipinski definition) is 6. The minimum atomic E-state index is -1.71. The molecule has 3 heterocycles. The van der Waals surface area contributed by atoms with E-state index in [0.717, 1.165) is 11.3 Å². The van der Waals surface area contributed by atoms with Crippen LogP contribution in [0.15, 0.2) is 48.7 Å². The molecule has 2 saturated heterocycles. The number of amides is 2. The normalized spacial score (nSPS) is 23.1. The zero-order valence-electron chi connectivity index (χ0n) is 25.7. The number of aryl methyl sites for hydroxylation is 1. The highest BCUT2D eigenvalue weighted by Crippen LogP contribution is 2.40. The highest BCUT2D eigenvalue weighted by Gasteiger charge is 2.43. The van der Waals surface area contributed by atoms with Crippen molar-refractivity contribution in [2.75, 3.05) is 26.2 Å². The number of aromatic nitrogens is 3. The molecule has 3 aromatic rings. The lowest BCUT2D eigenvalue weighted by Gasteiger charge is -2.44. The molecule has 0 radical (unpaired) electrons. The Morgan fingerprint density at radius 3 is 2.47 bits per heavy atom. The minimum Gasteiger partial charge on any atom is -0.444 e. The Balaban J connectivity index is 1.31. The fourth-order valence-electron chi connectivity index (χ4n) is 5.99. The van der Waals surface area contributed by atoms with Gasteiger partial charge in [0.1, 0.15) is 5.60 Å². The summed E-state index contributed by atoms with van der Waals surface area (Å²) >= 11 is 6.31. The maximum atomic E-state index is 16.0. The number of benzene rings is 2. The molecule has 230 valence electrons. The zero-order chi connectivity index (χ0) is 31.1. The Kier molecular flexibility index (Phi) is 8.55. The summed E-state index contributed by atoms with van der Waals surface area (Å²) in [5.41, 5.74) is 0.877. The van der Waals surface area contributed by atoms with Crippen LogP contribution in [0.4, 0.5) is 9.18 Å². The molecule has 5 rings (SSSR count). The van der Waals surface area contributed by atoms with Gasteiger partial charge in [-0.2, -0.15) is 0 Å². The first-order chi connectivity index (χ1) is 20.2. The topological polar surface area (TPSA) is 83.8 Å². The Labute approximate surface area is 257 Å². The standard InChI is InChI=1S/C32H40ClFN6O3/c1-21-11-12-25(29(41)37-14-13-32(34,20-37)26-9-7-8-10-27(26)33)28(15-21)40-19-24(35-36-40)18-39-22(2)16-38(17-23(39)3)30(42)43-31(4,5)6/h7-12,15,19,22-23H,13-14,16-18,20H2,1-6H3/t22-,23+,32?. The van der Waals surface area contributed by atoms with Gasteiger partial charge in [0.15, 0.2) is 5.67 Å². The van der Waals surface area contributed by atoms with E-state index in [1.54, 1.807) is 44.8 Å². The molecule has 0 bridgehead atoms. The van der Waals surface area contributed by atoms with E-state index in [2.05, 4.69) is 29.1 Å². The fraction of sp³-hybridized carbons (Fsp3) is 0.500. The molecule has 0 spiro atoms. The van der Waals surface area contributed by atoms with Gasteiger partial charge in [-0.15, -0.1) is 5.10 Å². The summed E-state index contributed by atoms with van der Waals surface area (Å²) < 4.78 is 23.2. The van der Waals surface area contributed by atoms with Crippen molar-refractivity contribution in [2.24, 2.45) is 0 Å². The maximum Gasteiger partial charge on any atom is 0.410 e. The largest absolute Gasteiger partial charge is 0.444 e. The van der Waals surface area contributed by atoms with E-state index in [4.69, 9.17) is 16.3 Å². The molecular formula is C32H40ClFN6O3. The van der Waals surface area contributed by atoms with Gasteiger partial charge in [0.05, 0.1) is 29.7 Å². The molecule has 2 aliphatic heterocycles. The molecule has 9 nitrogen and oxygen atoms in total. The summed E-state index contributed by atoms with van der Waals surface area (Å²) in [4.78, 5) is 32.0. The summed E-state index contributed by atoms with van der Waals surface area (Å²) in [5, 5.41) is 9.16. The highest BCUT2D eigenvalue weighted by atomic mass is 35.5. The second-order valence-electron chi connectivity index (χ2n) is 12.9. The third-order valence-electron chi connectivity index (χ3n) is 8.13. The number of carbonyl (C=O) groups is 2. The van der Waals surface area contributed by atoms with Crippen LogP contribution in [0.1, 0.15) is 68.2 Å². The third-order valence-corrected chi connectivity index (χ3v) is 8.46. The smallest absolute Gasteiger partial charge is 0.410 e. The summed E-state index contributed by atoms with van der Waals surface area (Å²) in [6.45, 7) is 13.5. The maximum absolute atomic E-state index is 16.0. The molecule has 0 N–H and O–H groups in total. The molecule has 2 aromatic carbocycles. The molecule has 43 heavy (non-hydrogen) atoms. The highest BCUT2D eigenvalue weighted by molar-refractivity contribution is 6.31. The van der Waals surface area contributed by atoms with Gasteiger partial charge in [-0.1, -0.05) is 41.1 Å². The van der Waals surface area contributed by atoms with Gasteiger partial charge >= 0.3 is 6.09 Å². The molecule has 0 saturated carbocycles. The SMILES string of the molecule is Cc1ccc(C(=O)N2CCC(F)(c3ccccc3Cl)C2)c(-n2cc(CN3[C@H](C)CN(C(=O)OC(C)(C)C)C[C@@H]3C)nn2)c1. The van der Waals surface area contributed by atoms with E-state index >= 15 is 4.39 Å². The van der Waals surface area contributed by atoms with Gasteiger partial charge in [0.25, 0.3) is 5.91 Å². The molecule has 11 heteroatoms. The van der Waals surface area contributed by atoms with Crippen LogP contribution in [0.3, 0.4) is 0 Å². The van der Waals surface area contributed by atoms with Crippen LogP contribution in [-0.4, -0.2) is 85.6 Å². The number of halogens is 2. The Bertz CT molecular complexity index is 1490. The van der Waals surface area contributed by atoms with Crippen LogP contribution in [0.2, 0.25) is 5.02 Å². The molecule has 2 amide bonds. The van der Waals surface area contributed by atoms with Crippen molar-refractivity contribution in [1.82, 2.24) is 29.7 Å². The van der Waals surface area contributed by atoms with E-state index < -0.39 is 11.3 Å². The van der Waals surface area contributed by atoms with Crippen molar-refractivity contribution in [1.29, 1.82) is 0 Å². The Hall–Kier alpha value is -3.50. The predicted octanol–water partition coefficient (Wildman–Crippen LogP) is 5.77. The van der Waals surface area contributed by atoms with Crippen molar-refractivity contribution in [3.05, 3.63) is 76.1 Å². The van der Waals surface area contributed by atoms with Crippen molar-refractivity contribution in [2.45, 2.75) is 77.9 Å². The number of alkyl halides is 1. The van der Waals surface area contributed by atoms with Crippen molar-refractivity contribution in [3.63, 3.8) is 0 Å². The number of piperazine rings is 1. The fourth-order valence-corrected chi connectivity index (χ4v) is 6.30. The van der Waals surface area contributed by atoms with Crippen molar-refractivity contribution >= 4 is 23.6 Å². The van der Waals surface area contributed by atoms with Gasteiger partial charge in [0.2, 0.25) is 0 Å². The number of ether oxygens (including phenoxy) is 1. The van der Waals surface area contributed by atoms with E-state index in [0.29, 0.717) is 41.5 Å². The number of rotatable bonds is 5. The summed E-state index contributed by atoms with van der Waals surface area (Å²) in [6.07, 6.45) is 1.70. The number of likely N-dealkylation sites (tertiary alicyclic amines) is 1. The van der Waals surface area contributed by atoms with Gasteiger partial charge in [0, 0.05) is 55.3 Å². The zero-order valence-corrected chi connectivity index (χ0v) is 26.4. The lowest BCUT2D eigenvalue weighted by Crippen LogP contribution is -2.58. The summed E-state index contributed by atoms with van der Waals surface area (Å²) in [6, 6.07) is 12.6. The van der Waals surface area contributed by atoms with Gasteiger partial charge < -0.3 is 14.5 Å². The lowest BCUT2D eigenvalue weighted by molar-refractivity contribution is -0.00997. The average molecular weight is 611 g/mol. The van der Waals surface area contributed by atoms with E-state index in [1.165, 1.54) is 0 Å². The Morgan fingerprint density at radius 1 is 1.09 bits per heavy atom.